The fourth-order valence-corrected chi connectivity index (χ4v) is 6.79. The Morgan fingerprint density at radius 2 is 1.91 bits per heavy atom. The number of aliphatic hydroxyl groups excluding tert-OH is 3. The molecule has 2 saturated heterocycles. The number of rotatable bonds is 14. The van der Waals surface area contributed by atoms with Crippen molar-refractivity contribution in [1.29, 1.82) is 0 Å². The van der Waals surface area contributed by atoms with Crippen LogP contribution in [0.15, 0.2) is 36.6 Å². The Hall–Kier alpha value is -2.48. The van der Waals surface area contributed by atoms with Gasteiger partial charge in [-0.15, -0.1) is 6.58 Å². The maximum Gasteiger partial charge on any atom is 0.340 e. The van der Waals surface area contributed by atoms with Crippen LogP contribution in [-0.2, 0) is 33.3 Å². The van der Waals surface area contributed by atoms with Gasteiger partial charge >= 0.3 is 5.97 Å². The molecule has 16 nitrogen and oxygen atoms in total. The molecule has 3 heterocycles. The minimum atomic E-state index is -2.93. The predicted molar refractivity (Wildman–Crippen MR) is 156 cm³/mol. The maximum absolute atomic E-state index is 13.5. The number of aliphatic carboxylic acids is 1. The van der Waals surface area contributed by atoms with Crippen LogP contribution < -0.4 is 15.3 Å². The summed E-state index contributed by atoms with van der Waals surface area (Å²) in [4.78, 5) is 26.1. The summed E-state index contributed by atoms with van der Waals surface area (Å²) in [5.41, 5.74) is -2.45. The largest absolute Gasteiger partial charge is 0.550 e. The van der Waals surface area contributed by atoms with E-state index in [1.807, 2.05) is 0 Å². The summed E-state index contributed by atoms with van der Waals surface area (Å²) in [6.45, 7) is 3.80. The van der Waals surface area contributed by atoms with Crippen LogP contribution in [0.2, 0.25) is 0 Å². The van der Waals surface area contributed by atoms with Crippen LogP contribution in [0.5, 0.6) is 0 Å². The fraction of sp³-hybridized carbons (Fsp3) is 0.742. The van der Waals surface area contributed by atoms with E-state index in [1.54, 1.807) is 18.4 Å². The van der Waals surface area contributed by atoms with Crippen molar-refractivity contribution in [3.05, 3.63) is 36.6 Å². The minimum Gasteiger partial charge on any atom is -0.550 e. The molecule has 1 aliphatic carbocycles. The molecule has 0 aromatic rings. The Morgan fingerprint density at radius 1 is 1.19 bits per heavy atom. The molecule has 0 amide bonds. The quantitative estimate of drug-likeness (QED) is 0.0487. The number of hydrogen-bond donors (Lipinski definition) is 8. The number of carboxylic acid groups (broad SMARTS) is 1. The first kappa shape index (κ1) is 37.3. The van der Waals surface area contributed by atoms with Gasteiger partial charge in [0.05, 0.1) is 45.2 Å². The first-order chi connectivity index (χ1) is 22.4. The van der Waals surface area contributed by atoms with Gasteiger partial charge in [-0.1, -0.05) is 18.2 Å². The van der Waals surface area contributed by atoms with Crippen molar-refractivity contribution in [3.63, 3.8) is 0 Å². The van der Waals surface area contributed by atoms with E-state index in [9.17, 15) is 45.3 Å². The molecule has 16 heteroatoms. The summed E-state index contributed by atoms with van der Waals surface area (Å²) in [6, 6.07) is 0. The number of hydrogen-bond acceptors (Lipinski definition) is 14. The summed E-state index contributed by atoms with van der Waals surface area (Å²) in [5.74, 6) is -7.44. The lowest BCUT2D eigenvalue weighted by Gasteiger charge is -2.48. The summed E-state index contributed by atoms with van der Waals surface area (Å²) in [7, 11) is 1.65. The summed E-state index contributed by atoms with van der Waals surface area (Å²) >= 11 is 0. The number of carbonyl (C=O) groups excluding carboxylic acids is 2. The van der Waals surface area contributed by atoms with Gasteiger partial charge in [0.1, 0.15) is 42.3 Å². The number of nitrogens with one attached hydrogen (secondary N) is 1. The van der Waals surface area contributed by atoms with E-state index in [0.29, 0.717) is 25.9 Å². The number of nitrogens with two attached hydrogens (primary N) is 1. The van der Waals surface area contributed by atoms with Gasteiger partial charge in [-0.3, -0.25) is 0 Å². The molecule has 0 spiro atoms. The van der Waals surface area contributed by atoms with Crippen molar-refractivity contribution in [2.24, 2.45) is 17.8 Å². The van der Waals surface area contributed by atoms with Gasteiger partial charge < -0.3 is 74.4 Å². The lowest BCUT2D eigenvalue weighted by molar-refractivity contribution is -0.911. The number of likely N-dealkylation sites (tertiary alicyclic amines) is 1. The van der Waals surface area contributed by atoms with Gasteiger partial charge in [-0.2, -0.15) is 0 Å². The molecule has 10 atom stereocenters. The fourth-order valence-electron chi connectivity index (χ4n) is 6.79. The van der Waals surface area contributed by atoms with Gasteiger partial charge in [-0.05, 0) is 32.1 Å². The zero-order valence-corrected chi connectivity index (χ0v) is 26.5. The first-order valence-corrected chi connectivity index (χ1v) is 16.1. The molecule has 1 saturated carbocycles. The van der Waals surface area contributed by atoms with Crippen LogP contribution >= 0.6 is 0 Å². The predicted octanol–water partition coefficient (Wildman–Crippen LogP) is -5.62. The van der Waals surface area contributed by atoms with Gasteiger partial charge in [0.15, 0.2) is 19.1 Å². The second-order valence-corrected chi connectivity index (χ2v) is 12.7. The molecule has 3 unspecified atom stereocenters. The van der Waals surface area contributed by atoms with E-state index < -0.39 is 78.6 Å². The number of aliphatic hydroxyl groups is 6. The van der Waals surface area contributed by atoms with Crippen LogP contribution in [0.1, 0.15) is 32.1 Å². The van der Waals surface area contributed by atoms with Crippen LogP contribution in [0.4, 0.5) is 0 Å². The number of piperidine rings is 1. The second-order valence-electron chi connectivity index (χ2n) is 12.7. The monoisotopic (exact) mass is 673 g/mol. The van der Waals surface area contributed by atoms with Gasteiger partial charge in [0.25, 0.3) is 0 Å². The SMILES string of the molecule is C=C[C@H]1[C@@H](O[C@@H]2O[C@H](CO)[C@@H](O)C(O)(O)[C@@H]2OC[NH2+]C)OC=C(C(=O)OC2CCCC2)[C@@]1(O)C=CC1CC(C(=O)[O-])C[NH+](CCO)C1. The molecule has 9 N–H and O–H groups in total. The zero-order valence-electron chi connectivity index (χ0n) is 26.5. The number of carbonyl (C=O) groups is 2. The van der Waals surface area contributed by atoms with E-state index in [-0.39, 0.29) is 38.0 Å². The molecular weight excluding hydrogens is 624 g/mol. The number of carboxylic acids is 1. The van der Waals surface area contributed by atoms with Gasteiger partial charge in [0.2, 0.25) is 12.1 Å². The molecule has 4 rings (SSSR count). The molecule has 266 valence electrons. The Balaban J connectivity index is 1.67. The highest BCUT2D eigenvalue weighted by Gasteiger charge is 2.58. The Bertz CT molecular complexity index is 1140. The van der Waals surface area contributed by atoms with E-state index >= 15 is 0 Å². The molecule has 47 heavy (non-hydrogen) atoms. The molecular formula is C31H49N2O14+. The summed E-state index contributed by atoms with van der Waals surface area (Å²) < 4.78 is 28.7. The third-order valence-electron chi connectivity index (χ3n) is 9.35. The third kappa shape index (κ3) is 8.40. The highest BCUT2D eigenvalue weighted by atomic mass is 16.8. The Labute approximate surface area is 272 Å². The van der Waals surface area contributed by atoms with Gasteiger partial charge in [-0.25, -0.2) is 4.79 Å². The second kappa shape index (κ2) is 16.3. The molecule has 0 aromatic heterocycles. The molecule has 0 bridgehead atoms. The van der Waals surface area contributed by atoms with Crippen LogP contribution in [0, 0.1) is 17.8 Å². The lowest BCUT2D eigenvalue weighted by atomic mass is 9.77. The summed E-state index contributed by atoms with van der Waals surface area (Å²) in [6.07, 6.45) is -0.151. The smallest absolute Gasteiger partial charge is 0.340 e. The van der Waals surface area contributed by atoms with Crippen molar-refractivity contribution >= 4 is 11.9 Å². The molecule has 0 aromatic carbocycles. The average Bonchev–Trinajstić information content (AvgIpc) is 3.54. The lowest BCUT2D eigenvalue weighted by Crippen LogP contribution is -3.15. The average molecular weight is 674 g/mol. The molecule has 3 fully saturated rings. The van der Waals surface area contributed by atoms with Crippen molar-refractivity contribution < 1.29 is 79.2 Å². The topological polar surface area (TPSA) is 246 Å². The van der Waals surface area contributed by atoms with Crippen LogP contribution in [0.3, 0.4) is 0 Å². The van der Waals surface area contributed by atoms with Crippen molar-refractivity contribution in [2.45, 2.75) is 80.5 Å². The van der Waals surface area contributed by atoms with Crippen LogP contribution in [0.25, 0.3) is 0 Å². The van der Waals surface area contributed by atoms with E-state index in [2.05, 4.69) is 6.58 Å². The number of esters is 1. The maximum atomic E-state index is 13.5. The number of ether oxygens (including phenoxy) is 5. The molecule has 0 radical (unpaired) electrons. The highest BCUT2D eigenvalue weighted by molar-refractivity contribution is 5.91. The third-order valence-corrected chi connectivity index (χ3v) is 9.35. The zero-order chi connectivity index (χ0) is 34.4. The molecule has 3 aliphatic heterocycles. The Kier molecular flexibility index (Phi) is 12.9. The minimum absolute atomic E-state index is 0.100. The van der Waals surface area contributed by atoms with Gasteiger partial charge in [0, 0.05) is 11.8 Å². The van der Waals surface area contributed by atoms with E-state index in [4.69, 9.17) is 23.7 Å². The normalized spacial score (nSPS) is 37.7. The summed E-state index contributed by atoms with van der Waals surface area (Å²) in [5, 5.41) is 76.9. The standard InChI is InChI=1S/C31H48N2O14/c1-3-21-28(47-29-25(44-17-32-2)31(41,42)24(36)23(15-35)46-29)43-16-22(27(39)45-20-6-4-5-7-20)30(21,40)9-8-18-12-19(26(37)38)14-33(13-18)10-11-34/h3,8-9,16,18-21,23-25,28-29,32,34-36,40-42H,1,4-7,10-15,17H2,2H3,(H,37,38)/p+1/t18?,19?,21-,23+,24+,25+,28+,29-,30+/m0/s1. The van der Waals surface area contributed by atoms with E-state index in [1.165, 1.54) is 12.2 Å². The molecule has 4 aliphatic rings. The van der Waals surface area contributed by atoms with Crippen molar-refractivity contribution in [3.8, 4) is 0 Å². The van der Waals surface area contributed by atoms with E-state index in [0.717, 1.165) is 24.0 Å². The van der Waals surface area contributed by atoms with Crippen molar-refractivity contribution in [1.82, 2.24) is 0 Å². The first-order valence-electron chi connectivity index (χ1n) is 16.1. The Morgan fingerprint density at radius 3 is 2.53 bits per heavy atom. The number of quaternary nitrogens is 2. The highest BCUT2D eigenvalue weighted by Crippen LogP contribution is 2.41. The van der Waals surface area contributed by atoms with Crippen LogP contribution in [-0.4, -0.2) is 138 Å². The van der Waals surface area contributed by atoms with Crippen molar-refractivity contribution in [2.75, 3.05) is 46.6 Å².